The van der Waals surface area contributed by atoms with Gasteiger partial charge in [0.15, 0.2) is 0 Å². The summed E-state index contributed by atoms with van der Waals surface area (Å²) < 4.78 is 32.5. The van der Waals surface area contributed by atoms with E-state index in [1.54, 1.807) is 31.2 Å². The molecule has 0 heterocycles. The number of carbonyl (C=O) groups excluding carboxylic acids is 1. The number of hydrogen-bond acceptors (Lipinski definition) is 4. The highest BCUT2D eigenvalue weighted by Gasteiger charge is 2.52. The normalized spacial score (nSPS) is 18.0. The summed E-state index contributed by atoms with van der Waals surface area (Å²) in [6.45, 7) is 3.62. The molecule has 1 atom stereocenters. The number of benzene rings is 2. The predicted octanol–water partition coefficient (Wildman–Crippen LogP) is 4.45. The minimum atomic E-state index is -3.86. The molecule has 8 heteroatoms. The molecule has 1 aliphatic carbocycles. The van der Waals surface area contributed by atoms with Gasteiger partial charge < -0.3 is 4.74 Å². The van der Waals surface area contributed by atoms with E-state index in [2.05, 4.69) is 4.72 Å². The minimum Gasteiger partial charge on any atom is -0.462 e. The molecule has 0 radical (unpaired) electrons. The third-order valence-corrected chi connectivity index (χ3v) is 6.83. The molecule has 1 fully saturated rings. The zero-order valence-electron chi connectivity index (χ0n) is 14.8. The summed E-state index contributed by atoms with van der Waals surface area (Å²) in [6, 6.07) is 11.5. The van der Waals surface area contributed by atoms with Crippen molar-refractivity contribution in [3.05, 3.63) is 59.2 Å². The maximum atomic E-state index is 12.8. The van der Waals surface area contributed by atoms with Crippen molar-refractivity contribution in [3.63, 3.8) is 0 Å². The fraction of sp³-hybridized carbons (Fsp3) is 0.316. The van der Waals surface area contributed by atoms with E-state index in [0.29, 0.717) is 12.0 Å². The van der Waals surface area contributed by atoms with E-state index in [1.165, 1.54) is 12.1 Å². The van der Waals surface area contributed by atoms with Gasteiger partial charge in [-0.15, -0.1) is 23.2 Å². The summed E-state index contributed by atoms with van der Waals surface area (Å²) in [4.78, 5) is 12.6. The highest BCUT2D eigenvalue weighted by molar-refractivity contribution is 7.92. The SMILES string of the molecule is Cc1ccc(C)c(S(=O)(=O)Nc2ccccc2C(=O)OCC2CC2(Cl)Cl)c1. The molecule has 27 heavy (non-hydrogen) atoms. The van der Waals surface area contributed by atoms with Crippen LogP contribution in [0.25, 0.3) is 0 Å². The van der Waals surface area contributed by atoms with E-state index < -0.39 is 20.3 Å². The topological polar surface area (TPSA) is 72.5 Å². The molecule has 1 N–H and O–H groups in total. The van der Waals surface area contributed by atoms with Gasteiger partial charge in [-0.1, -0.05) is 24.3 Å². The fourth-order valence-electron chi connectivity index (χ4n) is 2.65. The number of nitrogens with one attached hydrogen (secondary N) is 1. The Balaban J connectivity index is 1.81. The molecule has 1 aliphatic rings. The van der Waals surface area contributed by atoms with E-state index in [9.17, 15) is 13.2 Å². The first kappa shape index (κ1) is 20.0. The van der Waals surface area contributed by atoms with Gasteiger partial charge >= 0.3 is 5.97 Å². The quantitative estimate of drug-likeness (QED) is 0.545. The van der Waals surface area contributed by atoms with Crippen molar-refractivity contribution < 1.29 is 17.9 Å². The second kappa shape index (κ2) is 7.34. The third kappa shape index (κ3) is 4.57. The number of esters is 1. The van der Waals surface area contributed by atoms with Crippen LogP contribution >= 0.6 is 23.2 Å². The summed E-state index contributed by atoms with van der Waals surface area (Å²) >= 11 is 11.9. The van der Waals surface area contributed by atoms with Gasteiger partial charge in [-0.3, -0.25) is 4.72 Å². The number of aryl methyl sites for hydroxylation is 2. The number of sulfonamides is 1. The van der Waals surface area contributed by atoms with Crippen molar-refractivity contribution in [3.8, 4) is 0 Å². The molecule has 0 aromatic heterocycles. The monoisotopic (exact) mass is 427 g/mol. The van der Waals surface area contributed by atoms with Crippen molar-refractivity contribution in [1.29, 1.82) is 0 Å². The standard InChI is InChI=1S/C19H19Cl2NO4S/c1-12-7-8-13(2)17(9-12)27(24,25)22-16-6-4-3-5-15(16)18(23)26-11-14-10-19(14,20)21/h3-9,14,22H,10-11H2,1-2H3. The summed E-state index contributed by atoms with van der Waals surface area (Å²) in [6.07, 6.45) is 0.560. The molecule has 1 unspecified atom stereocenters. The van der Waals surface area contributed by atoms with Crippen LogP contribution in [0.5, 0.6) is 0 Å². The van der Waals surface area contributed by atoms with Crippen LogP contribution in [0.15, 0.2) is 47.4 Å². The van der Waals surface area contributed by atoms with Crippen molar-refractivity contribution in [2.75, 3.05) is 11.3 Å². The van der Waals surface area contributed by atoms with Gasteiger partial charge in [-0.2, -0.15) is 0 Å². The molecular weight excluding hydrogens is 409 g/mol. The lowest BCUT2D eigenvalue weighted by molar-refractivity contribution is 0.0486. The van der Waals surface area contributed by atoms with Crippen LogP contribution in [0, 0.1) is 19.8 Å². The highest BCUT2D eigenvalue weighted by Crippen LogP contribution is 2.53. The average molecular weight is 428 g/mol. The Bertz CT molecular complexity index is 989. The Morgan fingerprint density at radius 3 is 2.56 bits per heavy atom. The van der Waals surface area contributed by atoms with Crippen molar-refractivity contribution >= 4 is 44.9 Å². The number of carbonyl (C=O) groups is 1. The zero-order valence-corrected chi connectivity index (χ0v) is 17.2. The lowest BCUT2D eigenvalue weighted by Crippen LogP contribution is -2.18. The Labute approximate surface area is 168 Å². The highest BCUT2D eigenvalue weighted by atomic mass is 35.5. The summed E-state index contributed by atoms with van der Waals surface area (Å²) in [7, 11) is -3.86. The number of para-hydroxylation sites is 1. The van der Waals surface area contributed by atoms with Gasteiger partial charge in [0.05, 0.1) is 22.8 Å². The van der Waals surface area contributed by atoms with Crippen molar-refractivity contribution in [1.82, 2.24) is 0 Å². The van der Waals surface area contributed by atoms with E-state index in [4.69, 9.17) is 27.9 Å². The lowest BCUT2D eigenvalue weighted by Gasteiger charge is -2.14. The molecule has 144 valence electrons. The molecule has 0 bridgehead atoms. The molecule has 0 saturated heterocycles. The van der Waals surface area contributed by atoms with E-state index in [-0.39, 0.29) is 28.7 Å². The number of halogens is 2. The summed E-state index contributed by atoms with van der Waals surface area (Å²) in [5, 5.41) is 0. The number of alkyl halides is 2. The molecule has 1 saturated carbocycles. The van der Waals surface area contributed by atoms with Crippen LogP contribution in [0.3, 0.4) is 0 Å². The molecule has 3 rings (SSSR count). The molecular formula is C19H19Cl2NO4S. The van der Waals surface area contributed by atoms with E-state index >= 15 is 0 Å². The fourth-order valence-corrected chi connectivity index (χ4v) is 4.56. The largest absolute Gasteiger partial charge is 0.462 e. The molecule has 0 amide bonds. The van der Waals surface area contributed by atoms with E-state index in [1.807, 2.05) is 13.0 Å². The first-order valence-corrected chi connectivity index (χ1v) is 10.6. The second-order valence-electron chi connectivity index (χ2n) is 6.68. The first-order chi connectivity index (χ1) is 12.6. The Hall–Kier alpha value is -1.76. The number of rotatable bonds is 6. The summed E-state index contributed by atoms with van der Waals surface area (Å²) in [5.74, 6) is -0.742. The van der Waals surface area contributed by atoms with Gasteiger partial charge in [0.25, 0.3) is 10.0 Å². The molecule has 5 nitrogen and oxygen atoms in total. The van der Waals surface area contributed by atoms with E-state index in [0.717, 1.165) is 5.56 Å². The molecule has 2 aromatic rings. The number of hydrogen-bond donors (Lipinski definition) is 1. The van der Waals surface area contributed by atoms with Crippen LogP contribution in [0.1, 0.15) is 27.9 Å². The van der Waals surface area contributed by atoms with Gasteiger partial charge in [-0.05, 0) is 49.6 Å². The van der Waals surface area contributed by atoms with Crippen molar-refractivity contribution in [2.24, 2.45) is 5.92 Å². The second-order valence-corrected chi connectivity index (χ2v) is 9.87. The van der Waals surface area contributed by atoms with Crippen LogP contribution < -0.4 is 4.72 Å². The van der Waals surface area contributed by atoms with Gasteiger partial charge in [-0.25, -0.2) is 13.2 Å². The minimum absolute atomic E-state index is 0.0872. The van der Waals surface area contributed by atoms with Gasteiger partial charge in [0.2, 0.25) is 0 Å². The van der Waals surface area contributed by atoms with Crippen LogP contribution in [0.4, 0.5) is 5.69 Å². The number of anilines is 1. The first-order valence-electron chi connectivity index (χ1n) is 8.34. The Morgan fingerprint density at radius 2 is 1.89 bits per heavy atom. The predicted molar refractivity (Wildman–Crippen MR) is 106 cm³/mol. The van der Waals surface area contributed by atoms with Crippen molar-refractivity contribution in [2.45, 2.75) is 29.5 Å². The van der Waals surface area contributed by atoms with Gasteiger partial charge in [0, 0.05) is 5.92 Å². The van der Waals surface area contributed by atoms with Gasteiger partial charge in [0.1, 0.15) is 4.33 Å². The lowest BCUT2D eigenvalue weighted by atomic mass is 10.2. The van der Waals surface area contributed by atoms with Crippen LogP contribution in [0.2, 0.25) is 0 Å². The maximum absolute atomic E-state index is 12.8. The van der Waals surface area contributed by atoms with Crippen LogP contribution in [-0.2, 0) is 14.8 Å². The molecule has 0 aliphatic heterocycles. The smallest absolute Gasteiger partial charge is 0.340 e. The van der Waals surface area contributed by atoms with Crippen LogP contribution in [-0.4, -0.2) is 25.3 Å². The Morgan fingerprint density at radius 1 is 1.22 bits per heavy atom. The zero-order chi connectivity index (χ0) is 19.8. The number of ether oxygens (including phenoxy) is 1. The summed E-state index contributed by atoms with van der Waals surface area (Å²) in [5.41, 5.74) is 1.72. The molecule has 2 aromatic carbocycles. The molecule has 0 spiro atoms. The maximum Gasteiger partial charge on any atom is 0.340 e. The average Bonchev–Trinajstić information content (AvgIpc) is 3.22. The third-order valence-electron chi connectivity index (χ3n) is 4.40. The Kier molecular flexibility index (Phi) is 5.43.